The Balaban J connectivity index is 2.06. The molecule has 0 saturated carbocycles. The van der Waals surface area contributed by atoms with E-state index in [1.54, 1.807) is 18.2 Å². The van der Waals surface area contributed by atoms with Crippen LogP contribution in [0.4, 0.5) is 0 Å². The minimum absolute atomic E-state index is 0.118. The van der Waals surface area contributed by atoms with Gasteiger partial charge in [0.05, 0.1) is 4.90 Å². The van der Waals surface area contributed by atoms with Crippen molar-refractivity contribution in [2.24, 2.45) is 0 Å². The Bertz CT molecular complexity index is 701. The molecule has 0 amide bonds. The topological polar surface area (TPSA) is 47.2 Å². The smallest absolute Gasteiger partial charge is 0.260 e. The normalized spacial score (nSPS) is 11.6. The standard InChI is InChI=1S/C16H20NO3S/c1-13-11-14(2)17(15(3)12-13)9-10-20-21(18,19)16-7-5-4-6-8-16/h4-8,11-12H,9-10H2,1-3H3/q+1. The predicted octanol–water partition coefficient (Wildman–Crippen LogP) is 2.30. The van der Waals surface area contributed by atoms with Gasteiger partial charge in [-0.2, -0.15) is 13.0 Å². The lowest BCUT2D eigenvalue weighted by Gasteiger charge is -2.07. The van der Waals surface area contributed by atoms with Gasteiger partial charge in [-0.05, 0) is 24.6 Å². The Morgan fingerprint density at radius 3 is 2.14 bits per heavy atom. The Kier molecular flexibility index (Phi) is 4.75. The first kappa shape index (κ1) is 15.7. The maximum atomic E-state index is 12.0. The highest BCUT2D eigenvalue weighted by molar-refractivity contribution is 7.86. The maximum Gasteiger partial charge on any atom is 0.297 e. The Labute approximate surface area is 126 Å². The van der Waals surface area contributed by atoms with Crippen LogP contribution in [-0.4, -0.2) is 15.0 Å². The second kappa shape index (κ2) is 6.37. The van der Waals surface area contributed by atoms with Gasteiger partial charge in [-0.3, -0.25) is 4.18 Å². The van der Waals surface area contributed by atoms with Gasteiger partial charge in [-0.1, -0.05) is 18.2 Å². The summed E-state index contributed by atoms with van der Waals surface area (Å²) in [5.74, 6) is 0. The average Bonchev–Trinajstić information content (AvgIpc) is 2.42. The summed E-state index contributed by atoms with van der Waals surface area (Å²) in [6, 6.07) is 12.3. The van der Waals surface area contributed by atoms with Crippen molar-refractivity contribution < 1.29 is 17.2 Å². The summed E-state index contributed by atoms with van der Waals surface area (Å²) in [4.78, 5) is 0.187. The summed E-state index contributed by atoms with van der Waals surface area (Å²) in [5.41, 5.74) is 3.38. The first-order valence-corrected chi connectivity index (χ1v) is 8.23. The summed E-state index contributed by atoms with van der Waals surface area (Å²) in [6.07, 6.45) is 0. The van der Waals surface area contributed by atoms with Crippen molar-refractivity contribution in [3.63, 3.8) is 0 Å². The zero-order chi connectivity index (χ0) is 15.5. The Morgan fingerprint density at radius 2 is 1.57 bits per heavy atom. The third-order valence-corrected chi connectivity index (χ3v) is 4.64. The van der Waals surface area contributed by atoms with Gasteiger partial charge in [0.15, 0.2) is 17.9 Å². The fourth-order valence-corrected chi connectivity index (χ4v) is 3.30. The van der Waals surface area contributed by atoms with E-state index in [0.29, 0.717) is 6.54 Å². The van der Waals surface area contributed by atoms with Gasteiger partial charge in [0.1, 0.15) is 6.61 Å². The van der Waals surface area contributed by atoms with Gasteiger partial charge in [0, 0.05) is 26.0 Å². The monoisotopic (exact) mass is 306 g/mol. The van der Waals surface area contributed by atoms with Crippen LogP contribution in [0.3, 0.4) is 0 Å². The minimum Gasteiger partial charge on any atom is -0.260 e. The quantitative estimate of drug-likeness (QED) is 0.629. The number of hydrogen-bond donors (Lipinski definition) is 0. The number of aryl methyl sites for hydroxylation is 3. The summed E-state index contributed by atoms with van der Waals surface area (Å²) in [6.45, 7) is 6.68. The molecule has 0 unspecified atom stereocenters. The zero-order valence-corrected chi connectivity index (χ0v) is 13.4. The first-order chi connectivity index (χ1) is 9.90. The highest BCUT2D eigenvalue weighted by atomic mass is 32.2. The van der Waals surface area contributed by atoms with Crippen LogP contribution in [0, 0.1) is 20.8 Å². The molecule has 0 spiro atoms. The Morgan fingerprint density at radius 1 is 1.00 bits per heavy atom. The third kappa shape index (κ3) is 3.89. The van der Waals surface area contributed by atoms with Crippen LogP contribution < -0.4 is 4.57 Å². The van der Waals surface area contributed by atoms with Gasteiger partial charge in [0.2, 0.25) is 0 Å². The van der Waals surface area contributed by atoms with Crippen LogP contribution in [0.1, 0.15) is 17.0 Å². The summed E-state index contributed by atoms with van der Waals surface area (Å²) in [7, 11) is -3.68. The molecule has 21 heavy (non-hydrogen) atoms. The second-order valence-corrected chi connectivity index (χ2v) is 6.67. The van der Waals surface area contributed by atoms with E-state index in [1.807, 2.05) is 25.3 Å². The molecule has 0 aliphatic rings. The molecule has 112 valence electrons. The van der Waals surface area contributed by atoms with Crippen LogP contribution >= 0.6 is 0 Å². The second-order valence-electron chi connectivity index (χ2n) is 5.06. The van der Waals surface area contributed by atoms with Gasteiger partial charge < -0.3 is 0 Å². The van der Waals surface area contributed by atoms with Gasteiger partial charge >= 0.3 is 0 Å². The maximum absolute atomic E-state index is 12.0. The van der Waals surface area contributed by atoms with Crippen molar-refractivity contribution in [2.45, 2.75) is 32.2 Å². The number of nitrogens with zero attached hydrogens (tertiary/aromatic N) is 1. The molecular formula is C16H20NO3S+. The molecule has 1 aromatic carbocycles. The van der Waals surface area contributed by atoms with E-state index < -0.39 is 10.1 Å². The van der Waals surface area contributed by atoms with E-state index in [2.05, 4.69) is 12.1 Å². The summed E-state index contributed by atoms with van der Waals surface area (Å²) < 4.78 is 31.2. The fraction of sp³-hybridized carbons (Fsp3) is 0.312. The van der Waals surface area contributed by atoms with Crippen LogP contribution in [0.2, 0.25) is 0 Å². The largest absolute Gasteiger partial charge is 0.297 e. The molecule has 2 rings (SSSR count). The number of aromatic nitrogens is 1. The molecule has 0 aliphatic carbocycles. The molecule has 1 aromatic heterocycles. The van der Waals surface area contributed by atoms with E-state index in [1.165, 1.54) is 17.7 Å². The molecule has 2 aromatic rings. The van der Waals surface area contributed by atoms with Crippen molar-refractivity contribution >= 4 is 10.1 Å². The van der Waals surface area contributed by atoms with Crippen molar-refractivity contribution in [2.75, 3.05) is 6.61 Å². The lowest BCUT2D eigenvalue weighted by atomic mass is 10.2. The summed E-state index contributed by atoms with van der Waals surface area (Å²) >= 11 is 0. The number of benzene rings is 1. The van der Waals surface area contributed by atoms with E-state index in [0.717, 1.165) is 11.4 Å². The lowest BCUT2D eigenvalue weighted by molar-refractivity contribution is -0.709. The van der Waals surface area contributed by atoms with Gasteiger partial charge in [0.25, 0.3) is 10.1 Å². The molecule has 0 aliphatic heterocycles. The molecule has 1 heterocycles. The molecule has 0 fully saturated rings. The highest BCUT2D eigenvalue weighted by Crippen LogP contribution is 2.11. The van der Waals surface area contributed by atoms with E-state index >= 15 is 0 Å². The van der Waals surface area contributed by atoms with E-state index in [4.69, 9.17) is 4.18 Å². The molecule has 0 atom stereocenters. The van der Waals surface area contributed by atoms with Gasteiger partial charge in [-0.15, -0.1) is 0 Å². The van der Waals surface area contributed by atoms with Crippen molar-refractivity contribution in [3.05, 3.63) is 59.4 Å². The minimum atomic E-state index is -3.68. The molecule has 0 bridgehead atoms. The third-order valence-electron chi connectivity index (χ3n) is 3.31. The number of pyridine rings is 1. The molecule has 0 saturated heterocycles. The molecule has 5 heteroatoms. The van der Waals surface area contributed by atoms with Crippen LogP contribution in [0.15, 0.2) is 47.4 Å². The Hall–Kier alpha value is -1.72. The first-order valence-electron chi connectivity index (χ1n) is 6.82. The SMILES string of the molecule is Cc1cc(C)[n+](CCOS(=O)(=O)c2ccccc2)c(C)c1. The zero-order valence-electron chi connectivity index (χ0n) is 12.5. The number of rotatable bonds is 5. The summed E-state index contributed by atoms with van der Waals surface area (Å²) in [5, 5.41) is 0. The molecule has 4 nitrogen and oxygen atoms in total. The van der Waals surface area contributed by atoms with E-state index in [9.17, 15) is 8.42 Å². The predicted molar refractivity (Wildman–Crippen MR) is 80.4 cm³/mol. The van der Waals surface area contributed by atoms with Crippen LogP contribution in [0.5, 0.6) is 0 Å². The molecule has 0 N–H and O–H groups in total. The van der Waals surface area contributed by atoms with Crippen LogP contribution in [0.25, 0.3) is 0 Å². The molecular weight excluding hydrogens is 286 g/mol. The molecule has 0 radical (unpaired) electrons. The van der Waals surface area contributed by atoms with Crippen molar-refractivity contribution in [1.29, 1.82) is 0 Å². The fourth-order valence-electron chi connectivity index (χ4n) is 2.38. The lowest BCUT2D eigenvalue weighted by Crippen LogP contribution is -2.42. The number of hydrogen-bond acceptors (Lipinski definition) is 3. The van der Waals surface area contributed by atoms with Gasteiger partial charge in [-0.25, -0.2) is 0 Å². The van der Waals surface area contributed by atoms with Crippen LogP contribution in [-0.2, 0) is 20.8 Å². The average molecular weight is 306 g/mol. The van der Waals surface area contributed by atoms with E-state index in [-0.39, 0.29) is 11.5 Å². The highest BCUT2D eigenvalue weighted by Gasteiger charge is 2.17. The van der Waals surface area contributed by atoms with Crippen molar-refractivity contribution in [1.82, 2.24) is 0 Å². The van der Waals surface area contributed by atoms with Crippen molar-refractivity contribution in [3.8, 4) is 0 Å².